The fourth-order valence-electron chi connectivity index (χ4n) is 6.14. The summed E-state index contributed by atoms with van der Waals surface area (Å²) in [4.78, 5) is 40.2. The number of nitrogens with zero attached hydrogens (tertiary/aromatic N) is 5. The summed E-state index contributed by atoms with van der Waals surface area (Å²) < 4.78 is 25.3. The van der Waals surface area contributed by atoms with Crippen LogP contribution in [0.15, 0.2) is 45.9 Å². The Morgan fingerprint density at radius 3 is 2.80 bits per heavy atom. The van der Waals surface area contributed by atoms with Crippen molar-refractivity contribution in [2.45, 2.75) is 57.8 Å². The quantitative estimate of drug-likeness (QED) is 0.483. The smallest absolute Gasteiger partial charge is 0.263 e. The number of methoxy groups -OCH3 is 1. The molecule has 2 unspecified atom stereocenters. The summed E-state index contributed by atoms with van der Waals surface area (Å²) in [6, 6.07) is 3.62. The first kappa shape index (κ1) is 25.6. The number of nitrogens with one attached hydrogen (secondary N) is 1. The highest BCUT2D eigenvalue weighted by Crippen LogP contribution is 2.41. The van der Waals surface area contributed by atoms with E-state index in [0.29, 0.717) is 53.0 Å². The number of piperidine rings is 1. The number of aryl methyl sites for hydroxylation is 2. The first-order chi connectivity index (χ1) is 19.8. The molecule has 3 aromatic rings. The molecule has 3 aliphatic heterocycles. The summed E-state index contributed by atoms with van der Waals surface area (Å²) in [5, 5.41) is 7.57. The van der Waals surface area contributed by atoms with Gasteiger partial charge in [0.05, 0.1) is 43.2 Å². The Bertz CT molecular complexity index is 1670. The number of amides is 2. The molecule has 5 heterocycles. The molecule has 0 spiro atoms. The number of hydrogen-bond acceptors (Lipinski definition) is 9. The van der Waals surface area contributed by atoms with Gasteiger partial charge in [-0.3, -0.25) is 19.5 Å². The Hall–Kier alpha value is -4.32. The van der Waals surface area contributed by atoms with Gasteiger partial charge in [-0.25, -0.2) is 9.37 Å². The number of hydrogen-bond donors (Lipinski definition) is 1. The Balaban J connectivity index is 1.34. The number of carbonyl (C=O) groups excluding carboxylic acids is 2. The SMILES string of the molecule is COc1ccc(N2C(=O)CCC[C@H]2C2=NC3C=C(c4c(C)noc4C)C=CC3N2c2nc3c(s2)C(=O)NC3)cc1F. The highest BCUT2D eigenvalue weighted by atomic mass is 32.1. The fraction of sp³-hybridized carbons (Fsp3) is 0.345. The molecular weight excluding hydrogens is 547 g/mol. The average molecular weight is 575 g/mol. The standard InChI is InChI=1S/C29H27FN6O4S/c1-14-25(15(2)40-34-14)16-7-9-21-19(11-16)32-27(36(21)29-33-20-13-31-28(38)26(20)41-29)22-5-4-6-24(37)35(22)17-8-10-23(39-3)18(30)12-17/h7-12,19,21-22H,4-6,13H2,1-3H3,(H,31,38)/t19?,21?,22-/m0/s1. The van der Waals surface area contributed by atoms with Gasteiger partial charge in [0.1, 0.15) is 16.5 Å². The van der Waals surface area contributed by atoms with Crippen molar-refractivity contribution in [3.8, 4) is 5.75 Å². The van der Waals surface area contributed by atoms with Crippen molar-refractivity contribution in [2.75, 3.05) is 16.9 Å². The van der Waals surface area contributed by atoms with Crippen LogP contribution in [0.1, 0.15) is 51.6 Å². The summed E-state index contributed by atoms with van der Waals surface area (Å²) in [5.41, 5.74) is 3.84. The van der Waals surface area contributed by atoms with E-state index in [1.54, 1.807) is 11.0 Å². The van der Waals surface area contributed by atoms with Gasteiger partial charge in [0, 0.05) is 23.7 Å². The molecule has 12 heteroatoms. The number of aliphatic imine (C=N–C) groups is 1. The number of amidine groups is 1. The number of halogens is 1. The van der Waals surface area contributed by atoms with Gasteiger partial charge in [-0.05, 0) is 50.5 Å². The second-order valence-corrected chi connectivity index (χ2v) is 11.4. The number of fused-ring (bicyclic) bond motifs is 2. The normalized spacial score (nSPS) is 23.4. The van der Waals surface area contributed by atoms with Crippen LogP contribution in [0.5, 0.6) is 5.75 Å². The number of benzene rings is 1. The molecule has 0 bridgehead atoms. The molecule has 2 aromatic heterocycles. The Kier molecular flexibility index (Phi) is 6.03. The number of carbonyl (C=O) groups is 2. The zero-order chi connectivity index (χ0) is 28.4. The van der Waals surface area contributed by atoms with Crippen molar-refractivity contribution in [2.24, 2.45) is 4.99 Å². The van der Waals surface area contributed by atoms with E-state index in [4.69, 9.17) is 19.2 Å². The first-order valence-corrected chi connectivity index (χ1v) is 14.3. The van der Waals surface area contributed by atoms with Crippen LogP contribution in [-0.4, -0.2) is 53.0 Å². The van der Waals surface area contributed by atoms with Crippen molar-refractivity contribution in [3.05, 3.63) is 69.8 Å². The summed E-state index contributed by atoms with van der Waals surface area (Å²) in [6.45, 7) is 4.17. The molecule has 2 amide bonds. The van der Waals surface area contributed by atoms with Crippen LogP contribution in [0.2, 0.25) is 0 Å². The van der Waals surface area contributed by atoms with Crippen LogP contribution in [0.3, 0.4) is 0 Å². The van der Waals surface area contributed by atoms with Gasteiger partial charge in [0.15, 0.2) is 16.7 Å². The van der Waals surface area contributed by atoms with Crippen LogP contribution >= 0.6 is 11.3 Å². The van der Waals surface area contributed by atoms with E-state index >= 15 is 0 Å². The molecule has 10 nitrogen and oxygen atoms in total. The number of ether oxygens (including phenoxy) is 1. The maximum Gasteiger partial charge on any atom is 0.263 e. The minimum Gasteiger partial charge on any atom is -0.494 e. The highest BCUT2D eigenvalue weighted by Gasteiger charge is 2.45. The van der Waals surface area contributed by atoms with E-state index < -0.39 is 11.9 Å². The van der Waals surface area contributed by atoms with E-state index in [1.165, 1.54) is 30.6 Å². The molecule has 1 fully saturated rings. The number of allylic oxidation sites excluding steroid dienone is 2. The van der Waals surface area contributed by atoms with Crippen LogP contribution in [0.25, 0.3) is 5.57 Å². The van der Waals surface area contributed by atoms with Crippen molar-refractivity contribution in [3.63, 3.8) is 0 Å². The first-order valence-electron chi connectivity index (χ1n) is 13.5. The second-order valence-electron chi connectivity index (χ2n) is 10.5. The molecule has 0 saturated carbocycles. The maximum absolute atomic E-state index is 14.8. The molecule has 1 saturated heterocycles. The molecule has 41 heavy (non-hydrogen) atoms. The summed E-state index contributed by atoms with van der Waals surface area (Å²) in [5.74, 6) is 0.714. The Labute approximate surface area is 239 Å². The summed E-state index contributed by atoms with van der Waals surface area (Å²) >= 11 is 1.32. The van der Waals surface area contributed by atoms with E-state index in [9.17, 15) is 14.0 Å². The molecule has 0 radical (unpaired) electrons. The molecule has 3 atom stereocenters. The topological polar surface area (TPSA) is 113 Å². The van der Waals surface area contributed by atoms with Crippen LogP contribution < -0.4 is 19.9 Å². The average Bonchev–Trinajstić information content (AvgIpc) is 3.71. The molecule has 1 N–H and O–H groups in total. The van der Waals surface area contributed by atoms with Crippen LogP contribution in [0.4, 0.5) is 15.2 Å². The van der Waals surface area contributed by atoms with Gasteiger partial charge in [-0.1, -0.05) is 28.6 Å². The third-order valence-electron chi connectivity index (χ3n) is 8.00. The van der Waals surface area contributed by atoms with E-state index in [-0.39, 0.29) is 29.6 Å². The van der Waals surface area contributed by atoms with Gasteiger partial charge < -0.3 is 19.5 Å². The van der Waals surface area contributed by atoms with Crippen molar-refractivity contribution in [1.29, 1.82) is 0 Å². The van der Waals surface area contributed by atoms with E-state index in [2.05, 4.69) is 22.6 Å². The van der Waals surface area contributed by atoms with Crippen LogP contribution in [-0.2, 0) is 11.3 Å². The molecular formula is C29H27FN6O4S. The monoisotopic (exact) mass is 574 g/mol. The predicted octanol–water partition coefficient (Wildman–Crippen LogP) is 4.33. The highest BCUT2D eigenvalue weighted by molar-refractivity contribution is 7.18. The zero-order valence-electron chi connectivity index (χ0n) is 22.7. The van der Waals surface area contributed by atoms with Crippen molar-refractivity contribution in [1.82, 2.24) is 15.5 Å². The Morgan fingerprint density at radius 2 is 2.07 bits per heavy atom. The predicted molar refractivity (Wildman–Crippen MR) is 152 cm³/mol. The molecule has 1 aliphatic carbocycles. The van der Waals surface area contributed by atoms with Gasteiger partial charge in [-0.15, -0.1) is 0 Å². The zero-order valence-corrected chi connectivity index (χ0v) is 23.5. The second kappa shape index (κ2) is 9.65. The van der Waals surface area contributed by atoms with E-state index in [1.807, 2.05) is 24.8 Å². The summed E-state index contributed by atoms with van der Waals surface area (Å²) in [6.07, 6.45) is 7.88. The lowest BCUT2D eigenvalue weighted by atomic mass is 9.93. The van der Waals surface area contributed by atoms with Gasteiger partial charge >= 0.3 is 0 Å². The molecule has 210 valence electrons. The lowest BCUT2D eigenvalue weighted by molar-refractivity contribution is -0.119. The molecule has 4 aliphatic rings. The van der Waals surface area contributed by atoms with Crippen molar-refractivity contribution < 1.29 is 23.2 Å². The van der Waals surface area contributed by atoms with Crippen molar-refractivity contribution >= 4 is 45.4 Å². The molecule has 7 rings (SSSR count). The van der Waals surface area contributed by atoms with E-state index in [0.717, 1.165) is 22.6 Å². The molecule has 1 aromatic carbocycles. The number of thiazole rings is 1. The summed E-state index contributed by atoms with van der Waals surface area (Å²) in [7, 11) is 1.41. The maximum atomic E-state index is 14.8. The third kappa shape index (κ3) is 4.07. The van der Waals surface area contributed by atoms with Gasteiger partial charge in [-0.2, -0.15) is 0 Å². The largest absolute Gasteiger partial charge is 0.494 e. The number of rotatable bonds is 5. The fourth-order valence-corrected chi connectivity index (χ4v) is 7.19. The minimum atomic E-state index is -0.543. The minimum absolute atomic E-state index is 0.105. The number of aromatic nitrogens is 2. The van der Waals surface area contributed by atoms with Gasteiger partial charge in [0.2, 0.25) is 5.91 Å². The lowest BCUT2D eigenvalue weighted by Crippen LogP contribution is -2.54. The van der Waals surface area contributed by atoms with Crippen LogP contribution in [0, 0.1) is 19.7 Å². The van der Waals surface area contributed by atoms with Gasteiger partial charge in [0.25, 0.3) is 5.91 Å². The lowest BCUT2D eigenvalue weighted by Gasteiger charge is -2.39. The number of anilines is 2. The Morgan fingerprint density at radius 1 is 1.22 bits per heavy atom. The third-order valence-corrected chi connectivity index (χ3v) is 9.09.